The Morgan fingerprint density at radius 1 is 1.21 bits per heavy atom. The number of benzene rings is 2. The van der Waals surface area contributed by atoms with Crippen LogP contribution in [-0.4, -0.2) is 28.2 Å². The Morgan fingerprint density at radius 3 is 2.93 bits per heavy atom. The van der Waals surface area contributed by atoms with E-state index < -0.39 is 0 Å². The van der Waals surface area contributed by atoms with Gasteiger partial charge in [0.2, 0.25) is 11.0 Å². The van der Waals surface area contributed by atoms with Crippen LogP contribution in [0.1, 0.15) is 5.56 Å². The first-order valence-electron chi connectivity index (χ1n) is 8.60. The molecule has 4 rings (SSSR count). The highest BCUT2D eigenvalue weighted by molar-refractivity contribution is 8.01. The Morgan fingerprint density at radius 2 is 2.07 bits per heavy atom. The lowest BCUT2D eigenvalue weighted by molar-refractivity contribution is -0.115. The van der Waals surface area contributed by atoms with Gasteiger partial charge in [0.05, 0.1) is 19.0 Å². The van der Waals surface area contributed by atoms with Crippen molar-refractivity contribution in [2.75, 3.05) is 12.4 Å². The maximum Gasteiger partial charge on any atom is 0.230 e. The molecule has 0 bridgehead atoms. The summed E-state index contributed by atoms with van der Waals surface area (Å²) >= 11 is 8.84. The first kappa shape index (κ1) is 19.6. The molecule has 0 fully saturated rings. The van der Waals surface area contributed by atoms with Crippen molar-refractivity contribution >= 4 is 56.6 Å². The summed E-state index contributed by atoms with van der Waals surface area (Å²) in [5.74, 6) is 0.507. The number of aromatic nitrogens is 3. The maximum absolute atomic E-state index is 12.4. The molecule has 2 heterocycles. The van der Waals surface area contributed by atoms with Gasteiger partial charge in [-0.05, 0) is 24.3 Å². The Kier molecular flexibility index (Phi) is 5.94. The molecule has 29 heavy (non-hydrogen) atoms. The number of hydrogen-bond acceptors (Lipinski definition) is 7. The van der Waals surface area contributed by atoms with E-state index in [1.54, 1.807) is 13.3 Å². The quantitative estimate of drug-likeness (QED) is 0.419. The van der Waals surface area contributed by atoms with E-state index in [9.17, 15) is 4.79 Å². The number of para-hydroxylation sites is 1. The van der Waals surface area contributed by atoms with E-state index >= 15 is 0 Å². The van der Waals surface area contributed by atoms with Crippen LogP contribution in [0.5, 0.6) is 5.75 Å². The Labute approximate surface area is 180 Å². The number of nitrogens with one attached hydrogen (secondary N) is 1. The standard InChI is InChI=1S/C20H15ClN4O2S2/c1-27-16-5-3-2-4-12(16)10-18(26)23-19-24-25-20(29-19)28-17-8-9-22-15-11-13(21)6-7-14(15)17/h2-9,11H,10H2,1H3,(H,23,24,26). The fraction of sp³-hybridized carbons (Fsp3) is 0.100. The zero-order valence-electron chi connectivity index (χ0n) is 15.3. The lowest BCUT2D eigenvalue weighted by Gasteiger charge is -2.07. The minimum absolute atomic E-state index is 0.175. The van der Waals surface area contributed by atoms with Crippen molar-refractivity contribution in [2.45, 2.75) is 15.7 Å². The second kappa shape index (κ2) is 8.77. The molecule has 1 N–H and O–H groups in total. The van der Waals surface area contributed by atoms with Crippen LogP contribution in [-0.2, 0) is 11.2 Å². The molecule has 0 atom stereocenters. The van der Waals surface area contributed by atoms with Gasteiger partial charge in [0.15, 0.2) is 4.34 Å². The van der Waals surface area contributed by atoms with Crippen LogP contribution in [0.25, 0.3) is 10.9 Å². The number of rotatable bonds is 6. The number of ether oxygens (including phenoxy) is 1. The number of amides is 1. The summed E-state index contributed by atoms with van der Waals surface area (Å²) < 4.78 is 6.01. The Bertz CT molecular complexity index is 1180. The van der Waals surface area contributed by atoms with Crippen molar-refractivity contribution in [3.05, 3.63) is 65.3 Å². The fourth-order valence-corrected chi connectivity index (χ4v) is 4.78. The van der Waals surface area contributed by atoms with Crippen molar-refractivity contribution in [3.8, 4) is 5.75 Å². The number of pyridine rings is 1. The summed E-state index contributed by atoms with van der Waals surface area (Å²) in [5.41, 5.74) is 1.63. The molecule has 6 nitrogen and oxygen atoms in total. The van der Waals surface area contributed by atoms with Crippen LogP contribution in [0, 0.1) is 0 Å². The third-order valence-electron chi connectivity index (χ3n) is 4.06. The van der Waals surface area contributed by atoms with Gasteiger partial charge in [-0.2, -0.15) is 0 Å². The molecule has 9 heteroatoms. The van der Waals surface area contributed by atoms with Gasteiger partial charge >= 0.3 is 0 Å². The van der Waals surface area contributed by atoms with Crippen molar-refractivity contribution in [2.24, 2.45) is 0 Å². The average molecular weight is 443 g/mol. The SMILES string of the molecule is COc1ccccc1CC(=O)Nc1nnc(Sc2ccnc3cc(Cl)ccc23)s1. The average Bonchev–Trinajstić information content (AvgIpc) is 3.15. The molecule has 2 aromatic carbocycles. The van der Waals surface area contributed by atoms with Crippen LogP contribution in [0.4, 0.5) is 5.13 Å². The van der Waals surface area contributed by atoms with E-state index in [1.165, 1.54) is 23.1 Å². The fourth-order valence-electron chi connectivity index (χ4n) is 2.77. The Balaban J connectivity index is 1.46. The molecule has 0 spiro atoms. The van der Waals surface area contributed by atoms with Crippen molar-refractivity contribution in [3.63, 3.8) is 0 Å². The third kappa shape index (κ3) is 4.67. The molecule has 0 aliphatic carbocycles. The van der Waals surface area contributed by atoms with Gasteiger partial charge in [-0.25, -0.2) is 0 Å². The van der Waals surface area contributed by atoms with Crippen molar-refractivity contribution < 1.29 is 9.53 Å². The molecule has 0 aliphatic heterocycles. The lowest BCUT2D eigenvalue weighted by atomic mass is 10.1. The van der Waals surface area contributed by atoms with Gasteiger partial charge in [0.25, 0.3) is 0 Å². The van der Waals surface area contributed by atoms with Crippen LogP contribution < -0.4 is 10.1 Å². The van der Waals surface area contributed by atoms with E-state index in [4.69, 9.17) is 16.3 Å². The first-order chi connectivity index (χ1) is 14.1. The van der Waals surface area contributed by atoms with Gasteiger partial charge in [0.1, 0.15) is 5.75 Å². The summed E-state index contributed by atoms with van der Waals surface area (Å²) in [4.78, 5) is 17.7. The zero-order chi connectivity index (χ0) is 20.2. The Hall–Kier alpha value is -2.68. The number of nitrogens with zero attached hydrogens (tertiary/aromatic N) is 3. The number of carbonyl (C=O) groups excluding carboxylic acids is 1. The maximum atomic E-state index is 12.4. The van der Waals surface area contributed by atoms with Crippen LogP contribution in [0.15, 0.2) is 64.0 Å². The minimum atomic E-state index is -0.175. The predicted octanol–water partition coefficient (Wildman–Crippen LogP) is 5.08. The predicted molar refractivity (Wildman–Crippen MR) is 116 cm³/mol. The molecule has 146 valence electrons. The van der Waals surface area contributed by atoms with Gasteiger partial charge in [-0.15, -0.1) is 10.2 Å². The van der Waals surface area contributed by atoms with E-state index in [-0.39, 0.29) is 12.3 Å². The second-order valence-electron chi connectivity index (χ2n) is 5.98. The third-order valence-corrected chi connectivity index (χ3v) is 6.26. The highest BCUT2D eigenvalue weighted by atomic mass is 35.5. The van der Waals surface area contributed by atoms with Gasteiger partial charge < -0.3 is 10.1 Å². The van der Waals surface area contributed by atoms with Crippen molar-refractivity contribution in [1.82, 2.24) is 15.2 Å². The molecule has 0 saturated heterocycles. The number of methoxy groups -OCH3 is 1. The first-order valence-corrected chi connectivity index (χ1v) is 10.6. The smallest absolute Gasteiger partial charge is 0.230 e. The molecule has 1 amide bonds. The summed E-state index contributed by atoms with van der Waals surface area (Å²) in [6.45, 7) is 0. The molecule has 0 aliphatic rings. The summed E-state index contributed by atoms with van der Waals surface area (Å²) in [5, 5.41) is 13.1. The molecule has 4 aromatic rings. The van der Waals surface area contributed by atoms with Gasteiger partial charge in [-0.3, -0.25) is 9.78 Å². The van der Waals surface area contributed by atoms with Crippen LogP contribution in [0.2, 0.25) is 5.02 Å². The minimum Gasteiger partial charge on any atom is -0.496 e. The normalized spacial score (nSPS) is 10.8. The zero-order valence-corrected chi connectivity index (χ0v) is 17.6. The topological polar surface area (TPSA) is 77.0 Å². The molecule has 0 radical (unpaired) electrons. The largest absolute Gasteiger partial charge is 0.496 e. The van der Waals surface area contributed by atoms with E-state index in [0.29, 0.717) is 15.9 Å². The number of halogens is 1. The van der Waals surface area contributed by atoms with Gasteiger partial charge in [0, 0.05) is 27.1 Å². The molecule has 2 aromatic heterocycles. The summed E-state index contributed by atoms with van der Waals surface area (Å²) in [6, 6.07) is 14.9. The molecule has 0 unspecified atom stereocenters. The highest BCUT2D eigenvalue weighted by Gasteiger charge is 2.13. The number of carbonyl (C=O) groups is 1. The summed E-state index contributed by atoms with van der Waals surface area (Å²) in [6.07, 6.45) is 1.93. The van der Waals surface area contributed by atoms with Crippen molar-refractivity contribution in [1.29, 1.82) is 0 Å². The number of fused-ring (bicyclic) bond motifs is 1. The summed E-state index contributed by atoms with van der Waals surface area (Å²) in [7, 11) is 1.59. The molecular weight excluding hydrogens is 428 g/mol. The van der Waals surface area contributed by atoms with Gasteiger partial charge in [-0.1, -0.05) is 59.0 Å². The highest BCUT2D eigenvalue weighted by Crippen LogP contribution is 2.36. The molecule has 0 saturated carbocycles. The monoisotopic (exact) mass is 442 g/mol. The van der Waals surface area contributed by atoms with Crippen LogP contribution >= 0.6 is 34.7 Å². The van der Waals surface area contributed by atoms with E-state index in [1.807, 2.05) is 48.5 Å². The van der Waals surface area contributed by atoms with E-state index in [2.05, 4.69) is 20.5 Å². The lowest BCUT2D eigenvalue weighted by Crippen LogP contribution is -2.14. The number of hydrogen-bond donors (Lipinski definition) is 1. The van der Waals surface area contributed by atoms with E-state index in [0.717, 1.165) is 25.7 Å². The number of anilines is 1. The van der Waals surface area contributed by atoms with Crippen LogP contribution in [0.3, 0.4) is 0 Å². The second-order valence-corrected chi connectivity index (χ2v) is 8.69. The molecular formula is C20H15ClN4O2S2.